The highest BCUT2D eigenvalue weighted by molar-refractivity contribution is 6.29. The lowest BCUT2D eigenvalue weighted by atomic mass is 9.87. The predicted octanol–water partition coefficient (Wildman–Crippen LogP) is 6.98. The highest BCUT2D eigenvalue weighted by Gasteiger charge is 2.39. The molecule has 11 heteroatoms. The molecule has 5 aromatic rings. The van der Waals surface area contributed by atoms with Gasteiger partial charge in [-0.2, -0.15) is 0 Å². The highest BCUT2D eigenvalue weighted by Crippen LogP contribution is 2.40. The number of hydrogen-bond acceptors (Lipinski definition) is 7. The fourth-order valence-corrected chi connectivity index (χ4v) is 5.54. The Labute approximate surface area is 257 Å². The maximum absolute atomic E-state index is 15.7. The van der Waals surface area contributed by atoms with Crippen molar-refractivity contribution in [2.75, 3.05) is 20.3 Å². The molecule has 44 heavy (non-hydrogen) atoms. The van der Waals surface area contributed by atoms with Gasteiger partial charge in [0.05, 0.1) is 48.7 Å². The van der Waals surface area contributed by atoms with Crippen LogP contribution in [0.4, 0.5) is 8.78 Å². The molecule has 0 bridgehead atoms. The van der Waals surface area contributed by atoms with E-state index in [9.17, 15) is 4.79 Å². The number of methoxy groups -OCH3 is 1. The van der Waals surface area contributed by atoms with E-state index in [-0.39, 0.29) is 47.2 Å². The van der Waals surface area contributed by atoms with E-state index in [0.29, 0.717) is 40.8 Å². The topological polar surface area (TPSA) is 88.4 Å². The van der Waals surface area contributed by atoms with Crippen molar-refractivity contribution in [3.8, 4) is 17.1 Å². The molecule has 0 saturated carbocycles. The lowest BCUT2D eigenvalue weighted by molar-refractivity contribution is 0.0601. The fourth-order valence-electron chi connectivity index (χ4n) is 5.42. The minimum atomic E-state index is -0.631. The largest absolute Gasteiger partial charge is 0.473 e. The monoisotopic (exact) mass is 618 g/mol. The molecule has 1 atom stereocenters. The van der Waals surface area contributed by atoms with Gasteiger partial charge in [-0.05, 0) is 48.0 Å². The molecule has 0 spiro atoms. The summed E-state index contributed by atoms with van der Waals surface area (Å²) in [5.41, 5.74) is 2.58. The Hall–Kier alpha value is -4.41. The number of nitrogens with zero attached hydrogens (tertiary/aromatic N) is 4. The van der Waals surface area contributed by atoms with Gasteiger partial charge >= 0.3 is 5.97 Å². The van der Waals surface area contributed by atoms with E-state index in [4.69, 9.17) is 30.8 Å². The molecule has 0 N–H and O–H groups in total. The van der Waals surface area contributed by atoms with Crippen molar-refractivity contribution in [2.24, 2.45) is 5.41 Å². The molecule has 8 nitrogen and oxygen atoms in total. The number of fused-ring (bicyclic) bond motifs is 1. The van der Waals surface area contributed by atoms with Crippen LogP contribution >= 0.6 is 11.6 Å². The Morgan fingerprint density at radius 2 is 1.93 bits per heavy atom. The molecule has 0 unspecified atom stereocenters. The van der Waals surface area contributed by atoms with Crippen molar-refractivity contribution in [1.29, 1.82) is 0 Å². The summed E-state index contributed by atoms with van der Waals surface area (Å²) in [5.74, 6) is -0.924. The van der Waals surface area contributed by atoms with Gasteiger partial charge in [-0.25, -0.2) is 28.5 Å². The average molecular weight is 619 g/mol. The summed E-state index contributed by atoms with van der Waals surface area (Å²) in [5, 5.41) is 0.371. The van der Waals surface area contributed by atoms with Gasteiger partial charge in [-0.15, -0.1) is 0 Å². The van der Waals surface area contributed by atoms with Crippen LogP contribution in [0.3, 0.4) is 0 Å². The first-order chi connectivity index (χ1) is 21.1. The lowest BCUT2D eigenvalue weighted by Crippen LogP contribution is -2.27. The van der Waals surface area contributed by atoms with Gasteiger partial charge in [0.15, 0.2) is 0 Å². The molecule has 0 aliphatic carbocycles. The Bertz CT molecular complexity index is 1860. The van der Waals surface area contributed by atoms with Crippen LogP contribution in [0.25, 0.3) is 22.3 Å². The summed E-state index contributed by atoms with van der Waals surface area (Å²) in [4.78, 5) is 25.5. The van der Waals surface area contributed by atoms with Crippen LogP contribution in [-0.4, -0.2) is 45.8 Å². The van der Waals surface area contributed by atoms with E-state index in [1.165, 1.54) is 13.2 Å². The summed E-state index contributed by atoms with van der Waals surface area (Å²) in [7, 11) is 1.32. The Morgan fingerprint density at radius 3 is 2.66 bits per heavy atom. The summed E-state index contributed by atoms with van der Waals surface area (Å²) in [6.07, 6.45) is 1.61. The van der Waals surface area contributed by atoms with E-state index in [1.807, 2.05) is 4.57 Å². The first-order valence-electron chi connectivity index (χ1n) is 14.0. The van der Waals surface area contributed by atoms with Crippen molar-refractivity contribution in [1.82, 2.24) is 19.5 Å². The molecular formula is C33H29ClF2N4O4. The van der Waals surface area contributed by atoms with E-state index in [2.05, 4.69) is 23.8 Å². The first-order valence-corrected chi connectivity index (χ1v) is 14.4. The quantitative estimate of drug-likeness (QED) is 0.137. The summed E-state index contributed by atoms with van der Waals surface area (Å²) in [6.45, 7) is 5.29. The Balaban J connectivity index is 1.32. The third-order valence-corrected chi connectivity index (χ3v) is 8.03. The van der Waals surface area contributed by atoms with E-state index >= 15 is 8.78 Å². The van der Waals surface area contributed by atoms with E-state index in [1.54, 1.807) is 54.7 Å². The standard InChI is InChI=1S/C33H29ClF2N4O4/c1-33(2)18-43-17-28(33)40-27-12-20(32(41)42-3)8-9-26(27)38-30(40)13-21-11-24(36)22(14-23(21)35)25-5-4-6-31(39-25)44-16-19-7-10-29(34)37-15-19/h4-12,14-15,28H,13,16-18H2,1-3H3/t28-/m1/s1. The van der Waals surface area contributed by atoms with Crippen molar-refractivity contribution in [2.45, 2.75) is 32.9 Å². The van der Waals surface area contributed by atoms with Crippen molar-refractivity contribution in [3.05, 3.63) is 106 Å². The molecule has 0 amide bonds. The molecule has 3 aromatic heterocycles. The number of pyridine rings is 2. The molecular weight excluding hydrogens is 590 g/mol. The fraction of sp³-hybridized carbons (Fsp3) is 0.273. The third kappa shape index (κ3) is 5.87. The summed E-state index contributed by atoms with van der Waals surface area (Å²) < 4.78 is 49.7. The molecule has 226 valence electrons. The van der Waals surface area contributed by atoms with Crippen LogP contribution in [-0.2, 0) is 22.5 Å². The second kappa shape index (κ2) is 11.9. The number of aromatic nitrogens is 4. The minimum absolute atomic E-state index is 0.00593. The number of imidazole rings is 1. The number of esters is 1. The number of ether oxygens (including phenoxy) is 3. The third-order valence-electron chi connectivity index (χ3n) is 7.81. The highest BCUT2D eigenvalue weighted by atomic mass is 35.5. The lowest BCUT2D eigenvalue weighted by Gasteiger charge is -2.28. The van der Waals surface area contributed by atoms with Gasteiger partial charge in [0.1, 0.15) is 29.2 Å². The van der Waals surface area contributed by atoms with Gasteiger partial charge in [0.2, 0.25) is 5.88 Å². The van der Waals surface area contributed by atoms with Crippen molar-refractivity contribution in [3.63, 3.8) is 0 Å². The van der Waals surface area contributed by atoms with Crippen LogP contribution < -0.4 is 4.74 Å². The first kappa shape index (κ1) is 29.7. The van der Waals surface area contributed by atoms with E-state index < -0.39 is 17.6 Å². The number of carbonyl (C=O) groups excluding carboxylic acids is 1. The van der Waals surface area contributed by atoms with Gasteiger partial charge in [-0.1, -0.05) is 37.6 Å². The zero-order valence-electron chi connectivity index (χ0n) is 24.3. The van der Waals surface area contributed by atoms with Crippen LogP contribution in [0, 0.1) is 17.0 Å². The molecule has 1 saturated heterocycles. The number of rotatable bonds is 8. The summed E-state index contributed by atoms with van der Waals surface area (Å²) in [6, 6.07) is 15.6. The molecule has 2 aromatic carbocycles. The molecule has 4 heterocycles. The van der Waals surface area contributed by atoms with Gasteiger partial charge in [0.25, 0.3) is 0 Å². The number of hydrogen-bond donors (Lipinski definition) is 0. The average Bonchev–Trinajstić information content (AvgIpc) is 3.55. The smallest absolute Gasteiger partial charge is 0.337 e. The SMILES string of the molecule is COC(=O)c1ccc2nc(Cc3cc(F)c(-c4cccc(OCc5ccc(Cl)nc5)n4)cc3F)n([C@@H]3COCC3(C)C)c2c1. The number of benzene rings is 2. The van der Waals surface area contributed by atoms with E-state index in [0.717, 1.165) is 11.6 Å². The second-order valence-electron chi connectivity index (χ2n) is 11.4. The second-order valence-corrected chi connectivity index (χ2v) is 11.7. The Morgan fingerprint density at radius 1 is 1.09 bits per heavy atom. The molecule has 0 radical (unpaired) electrons. The number of halogens is 3. The normalized spacial score (nSPS) is 15.9. The molecule has 1 aliphatic heterocycles. The maximum atomic E-state index is 15.7. The van der Waals surface area contributed by atoms with Gasteiger partial charge in [-0.3, -0.25) is 0 Å². The molecule has 6 rings (SSSR count). The zero-order chi connectivity index (χ0) is 31.0. The van der Waals surface area contributed by atoms with Gasteiger partial charge < -0.3 is 18.8 Å². The predicted molar refractivity (Wildman–Crippen MR) is 161 cm³/mol. The van der Waals surface area contributed by atoms with Crippen LogP contribution in [0.15, 0.2) is 66.9 Å². The van der Waals surface area contributed by atoms with Crippen molar-refractivity contribution < 1.29 is 27.8 Å². The van der Waals surface area contributed by atoms with Crippen LogP contribution in [0.2, 0.25) is 5.15 Å². The van der Waals surface area contributed by atoms with Crippen molar-refractivity contribution >= 4 is 28.6 Å². The van der Waals surface area contributed by atoms with Crippen LogP contribution in [0.5, 0.6) is 5.88 Å². The summed E-state index contributed by atoms with van der Waals surface area (Å²) >= 11 is 5.83. The Kier molecular flexibility index (Phi) is 8.04. The van der Waals surface area contributed by atoms with Crippen LogP contribution in [0.1, 0.15) is 47.2 Å². The molecule has 1 fully saturated rings. The minimum Gasteiger partial charge on any atom is -0.473 e. The maximum Gasteiger partial charge on any atom is 0.337 e. The number of carbonyl (C=O) groups is 1. The van der Waals surface area contributed by atoms with Gasteiger partial charge in [0, 0.05) is 35.2 Å². The molecule has 1 aliphatic rings. The zero-order valence-corrected chi connectivity index (χ0v) is 25.1.